The first kappa shape index (κ1) is 19.3. The molecule has 0 fully saturated rings. The molecule has 0 N–H and O–H groups in total. The fourth-order valence-electron chi connectivity index (χ4n) is 3.48. The lowest BCUT2D eigenvalue weighted by Crippen LogP contribution is -2.38. The minimum Gasteiger partial charge on any atom is -0.481 e. The largest absolute Gasteiger partial charge is 0.481 e. The van der Waals surface area contributed by atoms with Crippen LogP contribution in [0.25, 0.3) is 10.8 Å². The molecule has 148 valence electrons. The summed E-state index contributed by atoms with van der Waals surface area (Å²) in [6.45, 7) is 0.605. The molecule has 0 saturated carbocycles. The maximum Gasteiger partial charge on any atom is 0.344 e. The van der Waals surface area contributed by atoms with Gasteiger partial charge in [0.05, 0.1) is 0 Å². The highest BCUT2D eigenvalue weighted by molar-refractivity contribution is 6.35. The van der Waals surface area contributed by atoms with E-state index in [1.54, 1.807) is 17.0 Å². The van der Waals surface area contributed by atoms with Crippen molar-refractivity contribution in [2.45, 2.75) is 13.0 Å². The molecule has 0 bridgehead atoms. The number of carbonyl (C=O) groups is 2. The predicted molar refractivity (Wildman–Crippen MR) is 111 cm³/mol. The Balaban J connectivity index is 1.30. The fourth-order valence-corrected chi connectivity index (χ4v) is 3.71. The van der Waals surface area contributed by atoms with Gasteiger partial charge in [-0.3, -0.25) is 4.79 Å². The Hall–Kier alpha value is -3.05. The first-order chi connectivity index (χ1) is 14.1. The summed E-state index contributed by atoms with van der Waals surface area (Å²) in [4.78, 5) is 26.2. The van der Waals surface area contributed by atoms with Crippen LogP contribution in [-0.4, -0.2) is 36.5 Å². The maximum absolute atomic E-state index is 12.4. The van der Waals surface area contributed by atoms with Gasteiger partial charge in [0.1, 0.15) is 5.75 Å². The minimum atomic E-state index is -0.588. The molecule has 0 radical (unpaired) electrons. The van der Waals surface area contributed by atoms with E-state index in [0.29, 0.717) is 23.9 Å². The summed E-state index contributed by atoms with van der Waals surface area (Å²) in [6.07, 6.45) is 0.808. The van der Waals surface area contributed by atoms with Gasteiger partial charge in [-0.15, -0.1) is 0 Å². The van der Waals surface area contributed by atoms with Gasteiger partial charge in [-0.05, 0) is 29.7 Å². The van der Waals surface area contributed by atoms with Crippen molar-refractivity contribution in [1.82, 2.24) is 4.90 Å². The zero-order chi connectivity index (χ0) is 20.2. The van der Waals surface area contributed by atoms with Gasteiger partial charge >= 0.3 is 5.97 Å². The van der Waals surface area contributed by atoms with Gasteiger partial charge < -0.3 is 14.4 Å². The summed E-state index contributed by atoms with van der Waals surface area (Å²) in [5.74, 6) is -0.250. The number of nitrogens with zero attached hydrogens (tertiary/aromatic N) is 1. The molecular weight excluding hydrogens is 390 g/mol. The van der Waals surface area contributed by atoms with Crippen LogP contribution in [0.2, 0.25) is 5.02 Å². The lowest BCUT2D eigenvalue weighted by molar-refractivity contribution is -0.154. The van der Waals surface area contributed by atoms with E-state index in [9.17, 15) is 9.59 Å². The normalized spacial score (nSPS) is 13.1. The van der Waals surface area contributed by atoms with Gasteiger partial charge in [0.15, 0.2) is 13.2 Å². The zero-order valence-corrected chi connectivity index (χ0v) is 16.5. The molecule has 0 spiro atoms. The van der Waals surface area contributed by atoms with Crippen molar-refractivity contribution in [3.8, 4) is 5.75 Å². The third-order valence-electron chi connectivity index (χ3n) is 5.02. The lowest BCUT2D eigenvalue weighted by Gasteiger charge is -2.28. The van der Waals surface area contributed by atoms with Crippen molar-refractivity contribution in [3.05, 3.63) is 76.8 Å². The highest BCUT2D eigenvalue weighted by Gasteiger charge is 2.21. The lowest BCUT2D eigenvalue weighted by atomic mass is 10.00. The number of hydrogen-bond donors (Lipinski definition) is 0. The number of hydrogen-bond acceptors (Lipinski definition) is 4. The quantitative estimate of drug-likeness (QED) is 0.598. The van der Waals surface area contributed by atoms with Gasteiger partial charge in [-0.1, -0.05) is 60.1 Å². The molecule has 1 amide bonds. The zero-order valence-electron chi connectivity index (χ0n) is 15.8. The average molecular weight is 410 g/mol. The molecule has 3 aromatic rings. The van der Waals surface area contributed by atoms with E-state index in [4.69, 9.17) is 21.1 Å². The first-order valence-electron chi connectivity index (χ1n) is 9.42. The standard InChI is InChI=1S/C23H20ClNO4/c24-20-9-10-21(19-8-4-3-7-18(19)20)28-15-23(27)29-14-22(26)25-12-11-16-5-1-2-6-17(16)13-25/h1-10H,11-15H2. The summed E-state index contributed by atoms with van der Waals surface area (Å²) in [7, 11) is 0. The number of esters is 1. The van der Waals surface area contributed by atoms with Gasteiger partial charge in [0, 0.05) is 28.9 Å². The minimum absolute atomic E-state index is 0.204. The van der Waals surface area contributed by atoms with Crippen molar-refractivity contribution >= 4 is 34.2 Å². The number of amides is 1. The van der Waals surface area contributed by atoms with Crippen LogP contribution in [0.4, 0.5) is 0 Å². The van der Waals surface area contributed by atoms with Crippen molar-refractivity contribution in [2.24, 2.45) is 0 Å². The van der Waals surface area contributed by atoms with E-state index in [0.717, 1.165) is 22.8 Å². The Kier molecular flexibility index (Phi) is 5.67. The molecule has 4 rings (SSSR count). The summed E-state index contributed by atoms with van der Waals surface area (Å²) in [6, 6.07) is 19.0. The van der Waals surface area contributed by atoms with Gasteiger partial charge in [-0.2, -0.15) is 0 Å². The second-order valence-corrected chi connectivity index (χ2v) is 7.28. The predicted octanol–water partition coefficient (Wildman–Crippen LogP) is 4.00. The number of benzene rings is 3. The fraction of sp³-hybridized carbons (Fsp3) is 0.217. The Morgan fingerprint density at radius 1 is 0.897 bits per heavy atom. The van der Waals surface area contributed by atoms with Gasteiger partial charge in [0.2, 0.25) is 0 Å². The Bertz CT molecular complexity index is 1070. The third kappa shape index (κ3) is 4.35. The van der Waals surface area contributed by atoms with E-state index >= 15 is 0 Å². The SMILES string of the molecule is O=C(COc1ccc(Cl)c2ccccc12)OCC(=O)N1CCc2ccccc2C1. The molecule has 6 heteroatoms. The van der Waals surface area contributed by atoms with Crippen molar-refractivity contribution in [1.29, 1.82) is 0 Å². The van der Waals surface area contributed by atoms with Crippen LogP contribution in [-0.2, 0) is 27.3 Å². The Morgan fingerprint density at radius 3 is 2.45 bits per heavy atom. The van der Waals surface area contributed by atoms with Crippen LogP contribution < -0.4 is 4.74 Å². The number of carbonyl (C=O) groups excluding carboxylic acids is 2. The van der Waals surface area contributed by atoms with E-state index in [2.05, 4.69) is 6.07 Å². The topological polar surface area (TPSA) is 55.8 Å². The van der Waals surface area contributed by atoms with Crippen molar-refractivity contribution in [3.63, 3.8) is 0 Å². The van der Waals surface area contributed by atoms with Crippen LogP contribution in [0, 0.1) is 0 Å². The monoisotopic (exact) mass is 409 g/mol. The maximum atomic E-state index is 12.4. The van der Waals surface area contributed by atoms with Crippen LogP contribution >= 0.6 is 11.6 Å². The summed E-state index contributed by atoms with van der Waals surface area (Å²) in [5, 5.41) is 2.28. The van der Waals surface area contributed by atoms with Gasteiger partial charge in [-0.25, -0.2) is 4.79 Å². The van der Waals surface area contributed by atoms with Crippen molar-refractivity contribution < 1.29 is 19.1 Å². The number of rotatable bonds is 5. The molecule has 0 saturated heterocycles. The van der Waals surface area contributed by atoms with E-state index in [1.807, 2.05) is 42.5 Å². The summed E-state index contributed by atoms with van der Waals surface area (Å²) >= 11 is 6.19. The van der Waals surface area contributed by atoms with Crippen LogP contribution in [0.1, 0.15) is 11.1 Å². The molecular formula is C23H20ClNO4. The third-order valence-corrected chi connectivity index (χ3v) is 5.35. The molecule has 1 aliphatic heterocycles. The average Bonchev–Trinajstić information content (AvgIpc) is 2.77. The Morgan fingerprint density at radius 2 is 1.62 bits per heavy atom. The molecule has 1 heterocycles. The molecule has 5 nitrogen and oxygen atoms in total. The molecule has 29 heavy (non-hydrogen) atoms. The molecule has 0 aliphatic carbocycles. The molecule has 3 aromatic carbocycles. The van der Waals surface area contributed by atoms with E-state index < -0.39 is 5.97 Å². The Labute approximate surface area is 173 Å². The number of fused-ring (bicyclic) bond motifs is 2. The van der Waals surface area contributed by atoms with E-state index in [1.165, 1.54) is 5.56 Å². The van der Waals surface area contributed by atoms with E-state index in [-0.39, 0.29) is 19.1 Å². The number of halogens is 1. The van der Waals surface area contributed by atoms with Crippen LogP contribution in [0.3, 0.4) is 0 Å². The summed E-state index contributed by atoms with van der Waals surface area (Å²) < 4.78 is 10.7. The van der Waals surface area contributed by atoms with Gasteiger partial charge in [0.25, 0.3) is 5.91 Å². The molecule has 0 aromatic heterocycles. The number of ether oxygens (including phenoxy) is 2. The van der Waals surface area contributed by atoms with Crippen molar-refractivity contribution in [2.75, 3.05) is 19.8 Å². The second kappa shape index (κ2) is 8.53. The molecule has 0 unspecified atom stereocenters. The van der Waals surface area contributed by atoms with Crippen LogP contribution in [0.15, 0.2) is 60.7 Å². The first-order valence-corrected chi connectivity index (χ1v) is 9.80. The molecule has 0 atom stereocenters. The molecule has 1 aliphatic rings. The highest BCUT2D eigenvalue weighted by atomic mass is 35.5. The highest BCUT2D eigenvalue weighted by Crippen LogP contribution is 2.31. The van der Waals surface area contributed by atoms with Crippen LogP contribution in [0.5, 0.6) is 5.75 Å². The summed E-state index contributed by atoms with van der Waals surface area (Å²) in [5.41, 5.74) is 2.40. The smallest absolute Gasteiger partial charge is 0.344 e. The second-order valence-electron chi connectivity index (χ2n) is 6.87.